The van der Waals surface area contributed by atoms with Gasteiger partial charge in [0.1, 0.15) is 18.3 Å². The van der Waals surface area contributed by atoms with Crippen LogP contribution in [0.2, 0.25) is 0 Å². The lowest BCUT2D eigenvalue weighted by Crippen LogP contribution is -2.28. The summed E-state index contributed by atoms with van der Waals surface area (Å²) >= 11 is 5.31. The average molecular weight is 253 g/mol. The van der Waals surface area contributed by atoms with Crippen LogP contribution in [0.4, 0.5) is 0 Å². The van der Waals surface area contributed by atoms with E-state index >= 15 is 0 Å². The number of halogens is 1. The van der Waals surface area contributed by atoms with Gasteiger partial charge in [-0.05, 0) is 5.56 Å². The smallest absolute Gasteiger partial charge is 0.320 e. The molecule has 0 saturated heterocycles. The lowest BCUT2D eigenvalue weighted by Gasteiger charge is -2.07. The monoisotopic (exact) mass is 252 g/mol. The molecule has 90 valence electrons. The summed E-state index contributed by atoms with van der Waals surface area (Å²) in [5, 5.41) is 3.15. The number of ether oxygens (including phenoxy) is 1. The standard InChI is InChI=1S/C12H13ClN2O2/c13-7-11(16)17-6-5-14-12-10-4-2-1-3-9(10)8-15-12/h1-4H,5-8H2,(H,14,15). The Kier molecular flexibility index (Phi) is 3.98. The number of aliphatic imine (C=N–C) groups is 1. The first-order valence-electron chi connectivity index (χ1n) is 5.39. The van der Waals surface area contributed by atoms with Crippen molar-refractivity contribution in [2.24, 2.45) is 4.99 Å². The number of rotatable bonds is 4. The molecule has 0 unspecified atom stereocenters. The van der Waals surface area contributed by atoms with Crippen LogP contribution in [0.3, 0.4) is 0 Å². The molecule has 0 amide bonds. The van der Waals surface area contributed by atoms with Gasteiger partial charge in [-0.25, -0.2) is 0 Å². The highest BCUT2D eigenvalue weighted by atomic mass is 35.5. The largest absolute Gasteiger partial charge is 0.463 e. The normalized spacial score (nSPS) is 12.9. The Hall–Kier alpha value is -1.55. The number of fused-ring (bicyclic) bond motifs is 1. The molecule has 1 N–H and O–H groups in total. The predicted octanol–water partition coefficient (Wildman–Crippen LogP) is 1.32. The zero-order chi connectivity index (χ0) is 12.1. The third-order valence-electron chi connectivity index (χ3n) is 2.45. The Morgan fingerprint density at radius 1 is 1.47 bits per heavy atom. The van der Waals surface area contributed by atoms with Gasteiger partial charge in [0.25, 0.3) is 0 Å². The van der Waals surface area contributed by atoms with Crippen molar-refractivity contribution >= 4 is 23.4 Å². The molecular weight excluding hydrogens is 240 g/mol. The van der Waals surface area contributed by atoms with Crippen LogP contribution in [0, 0.1) is 0 Å². The van der Waals surface area contributed by atoms with Crippen molar-refractivity contribution in [1.29, 1.82) is 0 Å². The zero-order valence-corrected chi connectivity index (χ0v) is 10.0. The maximum absolute atomic E-state index is 10.8. The number of amidine groups is 1. The summed E-state index contributed by atoms with van der Waals surface area (Å²) in [6, 6.07) is 8.06. The van der Waals surface area contributed by atoms with Crippen LogP contribution < -0.4 is 5.32 Å². The van der Waals surface area contributed by atoms with Crippen molar-refractivity contribution in [2.75, 3.05) is 19.0 Å². The molecule has 0 spiro atoms. The number of esters is 1. The van der Waals surface area contributed by atoms with Crippen LogP contribution in [0.25, 0.3) is 0 Å². The van der Waals surface area contributed by atoms with Gasteiger partial charge in [-0.2, -0.15) is 0 Å². The maximum atomic E-state index is 10.8. The number of nitrogens with zero attached hydrogens (tertiary/aromatic N) is 1. The molecular formula is C12H13ClN2O2. The lowest BCUT2D eigenvalue weighted by molar-refractivity contribution is -0.140. The molecule has 0 bridgehead atoms. The third-order valence-corrected chi connectivity index (χ3v) is 2.66. The first kappa shape index (κ1) is 11.9. The summed E-state index contributed by atoms with van der Waals surface area (Å²) in [5.41, 5.74) is 2.34. The Balaban J connectivity index is 1.80. The van der Waals surface area contributed by atoms with Crippen LogP contribution in [0.5, 0.6) is 0 Å². The van der Waals surface area contributed by atoms with Gasteiger partial charge >= 0.3 is 5.97 Å². The number of nitrogens with one attached hydrogen (secondary N) is 1. The maximum Gasteiger partial charge on any atom is 0.320 e. The fourth-order valence-electron chi connectivity index (χ4n) is 1.66. The molecule has 2 rings (SSSR count). The Morgan fingerprint density at radius 3 is 3.12 bits per heavy atom. The average Bonchev–Trinajstić information content (AvgIpc) is 2.78. The summed E-state index contributed by atoms with van der Waals surface area (Å²) in [7, 11) is 0. The lowest BCUT2D eigenvalue weighted by atomic mass is 10.1. The first-order chi connectivity index (χ1) is 8.31. The van der Waals surface area contributed by atoms with Gasteiger partial charge in [0.15, 0.2) is 0 Å². The molecule has 0 atom stereocenters. The van der Waals surface area contributed by atoms with E-state index < -0.39 is 5.97 Å². The quantitative estimate of drug-likeness (QED) is 0.500. The second-order valence-corrected chi connectivity index (χ2v) is 3.87. The minimum Gasteiger partial charge on any atom is -0.463 e. The zero-order valence-electron chi connectivity index (χ0n) is 9.28. The van der Waals surface area contributed by atoms with E-state index in [0.717, 1.165) is 11.4 Å². The van der Waals surface area contributed by atoms with Crippen LogP contribution in [0.15, 0.2) is 29.3 Å². The number of hydrogen-bond acceptors (Lipinski definition) is 4. The minimum atomic E-state index is -0.401. The van der Waals surface area contributed by atoms with E-state index in [0.29, 0.717) is 19.7 Å². The van der Waals surface area contributed by atoms with Crippen LogP contribution >= 0.6 is 11.6 Å². The van der Waals surface area contributed by atoms with Crippen molar-refractivity contribution in [2.45, 2.75) is 6.54 Å². The van der Waals surface area contributed by atoms with Crippen molar-refractivity contribution in [3.05, 3.63) is 35.4 Å². The predicted molar refractivity (Wildman–Crippen MR) is 66.4 cm³/mol. The van der Waals surface area contributed by atoms with E-state index in [1.54, 1.807) is 0 Å². The molecule has 0 saturated carbocycles. The molecule has 1 aromatic carbocycles. The Morgan fingerprint density at radius 2 is 2.29 bits per heavy atom. The second kappa shape index (κ2) is 5.68. The number of alkyl halides is 1. The van der Waals surface area contributed by atoms with Crippen molar-refractivity contribution in [3.8, 4) is 0 Å². The number of benzene rings is 1. The van der Waals surface area contributed by atoms with E-state index in [4.69, 9.17) is 16.3 Å². The van der Waals surface area contributed by atoms with E-state index in [1.807, 2.05) is 18.2 Å². The molecule has 0 fully saturated rings. The van der Waals surface area contributed by atoms with Crippen LogP contribution in [-0.4, -0.2) is 30.8 Å². The summed E-state index contributed by atoms with van der Waals surface area (Å²) < 4.78 is 4.85. The highest BCUT2D eigenvalue weighted by molar-refractivity contribution is 6.26. The number of hydrogen-bond donors (Lipinski definition) is 1. The van der Waals surface area contributed by atoms with Gasteiger partial charge < -0.3 is 10.1 Å². The summed E-state index contributed by atoms with van der Waals surface area (Å²) in [4.78, 5) is 15.2. The van der Waals surface area contributed by atoms with Gasteiger partial charge in [-0.1, -0.05) is 24.3 Å². The second-order valence-electron chi connectivity index (χ2n) is 3.60. The van der Waals surface area contributed by atoms with Crippen molar-refractivity contribution < 1.29 is 9.53 Å². The minimum absolute atomic E-state index is 0.107. The molecule has 5 heteroatoms. The van der Waals surface area contributed by atoms with Gasteiger partial charge in [-0.15, -0.1) is 11.6 Å². The van der Waals surface area contributed by atoms with Crippen LogP contribution in [0.1, 0.15) is 11.1 Å². The molecule has 0 radical (unpaired) electrons. The highest BCUT2D eigenvalue weighted by Crippen LogP contribution is 2.16. The summed E-state index contributed by atoms with van der Waals surface area (Å²) in [6.07, 6.45) is 0. The fraction of sp³-hybridized carbons (Fsp3) is 0.333. The SMILES string of the molecule is O=C(CCl)OCCNC1=NCc2ccccc21. The van der Waals surface area contributed by atoms with E-state index in [-0.39, 0.29) is 5.88 Å². The van der Waals surface area contributed by atoms with E-state index in [9.17, 15) is 4.79 Å². The van der Waals surface area contributed by atoms with E-state index in [1.165, 1.54) is 5.56 Å². The highest BCUT2D eigenvalue weighted by Gasteiger charge is 2.13. The van der Waals surface area contributed by atoms with Gasteiger partial charge in [0, 0.05) is 5.56 Å². The Bertz CT molecular complexity index is 446. The van der Waals surface area contributed by atoms with Crippen LogP contribution in [-0.2, 0) is 16.1 Å². The number of carbonyl (C=O) groups excluding carboxylic acids is 1. The van der Waals surface area contributed by atoms with Gasteiger partial charge in [-0.3, -0.25) is 9.79 Å². The molecule has 1 aliphatic heterocycles. The molecule has 0 aromatic heterocycles. The topological polar surface area (TPSA) is 50.7 Å². The first-order valence-corrected chi connectivity index (χ1v) is 5.93. The molecule has 17 heavy (non-hydrogen) atoms. The van der Waals surface area contributed by atoms with Crippen molar-refractivity contribution in [1.82, 2.24) is 5.32 Å². The molecule has 1 aromatic rings. The summed E-state index contributed by atoms with van der Waals surface area (Å²) in [5.74, 6) is 0.355. The van der Waals surface area contributed by atoms with Crippen molar-refractivity contribution in [3.63, 3.8) is 0 Å². The molecule has 1 aliphatic rings. The van der Waals surface area contributed by atoms with Gasteiger partial charge in [0.2, 0.25) is 0 Å². The fourth-order valence-corrected chi connectivity index (χ4v) is 1.74. The summed E-state index contributed by atoms with van der Waals surface area (Å²) in [6.45, 7) is 1.54. The van der Waals surface area contributed by atoms with E-state index in [2.05, 4.69) is 16.4 Å². The molecule has 4 nitrogen and oxygen atoms in total. The van der Waals surface area contributed by atoms with Gasteiger partial charge in [0.05, 0.1) is 13.1 Å². The molecule has 0 aliphatic carbocycles. The Labute approximate surface area is 105 Å². The third kappa shape index (κ3) is 2.97. The molecule has 1 heterocycles. The number of carbonyl (C=O) groups is 1.